The Morgan fingerprint density at radius 2 is 2.31 bits per heavy atom. The van der Waals surface area contributed by atoms with Crippen LogP contribution in [0.3, 0.4) is 0 Å². The van der Waals surface area contributed by atoms with E-state index in [1.807, 2.05) is 13.8 Å². The van der Waals surface area contributed by atoms with Crippen LogP contribution in [-0.2, 0) is 9.59 Å². The molecule has 5 nitrogen and oxygen atoms in total. The molecule has 0 radical (unpaired) electrons. The van der Waals surface area contributed by atoms with Gasteiger partial charge in [0.2, 0.25) is 11.8 Å². The molecule has 16 heavy (non-hydrogen) atoms. The fourth-order valence-corrected chi connectivity index (χ4v) is 1.76. The Morgan fingerprint density at radius 3 is 3.00 bits per heavy atom. The second-order valence-electron chi connectivity index (χ2n) is 4.50. The molecular weight excluding hydrogens is 206 g/mol. The summed E-state index contributed by atoms with van der Waals surface area (Å²) >= 11 is 0. The van der Waals surface area contributed by atoms with E-state index in [1.54, 1.807) is 0 Å². The lowest BCUT2D eigenvalue weighted by atomic mass is 10.1. The van der Waals surface area contributed by atoms with E-state index in [2.05, 4.69) is 16.0 Å². The van der Waals surface area contributed by atoms with Gasteiger partial charge in [-0.3, -0.25) is 9.59 Å². The molecule has 0 aromatic heterocycles. The molecule has 2 amide bonds. The lowest BCUT2D eigenvalue weighted by Gasteiger charge is -2.15. The summed E-state index contributed by atoms with van der Waals surface area (Å²) in [5.74, 6) is 0.0546. The Labute approximate surface area is 96.4 Å². The van der Waals surface area contributed by atoms with Crippen LogP contribution >= 0.6 is 0 Å². The van der Waals surface area contributed by atoms with Gasteiger partial charge in [0, 0.05) is 25.0 Å². The lowest BCUT2D eigenvalue weighted by molar-refractivity contribution is -0.122. The van der Waals surface area contributed by atoms with E-state index >= 15 is 0 Å². The smallest absolute Gasteiger partial charge is 0.234 e. The minimum absolute atomic E-state index is 0.0142. The quantitative estimate of drug-likeness (QED) is 0.621. The van der Waals surface area contributed by atoms with Crippen molar-refractivity contribution < 1.29 is 9.59 Å². The van der Waals surface area contributed by atoms with Gasteiger partial charge in [0.1, 0.15) is 0 Å². The monoisotopic (exact) mass is 227 g/mol. The summed E-state index contributed by atoms with van der Waals surface area (Å²) in [5.41, 5.74) is 0. The molecule has 0 aromatic carbocycles. The minimum atomic E-state index is -0.0142. The van der Waals surface area contributed by atoms with Crippen LogP contribution in [-0.4, -0.2) is 37.0 Å². The first kappa shape index (κ1) is 13.0. The Kier molecular flexibility index (Phi) is 5.25. The fourth-order valence-electron chi connectivity index (χ4n) is 1.76. The third-order valence-electron chi connectivity index (χ3n) is 2.48. The van der Waals surface area contributed by atoms with Crippen LogP contribution in [0, 0.1) is 0 Å². The molecule has 1 atom stereocenters. The van der Waals surface area contributed by atoms with Crippen LogP contribution < -0.4 is 16.0 Å². The number of rotatable bonds is 4. The average molecular weight is 227 g/mol. The number of carbonyl (C=O) groups is 2. The van der Waals surface area contributed by atoms with E-state index in [-0.39, 0.29) is 30.4 Å². The van der Waals surface area contributed by atoms with Gasteiger partial charge in [-0.25, -0.2) is 0 Å². The summed E-state index contributed by atoms with van der Waals surface area (Å²) in [7, 11) is 0. The Balaban J connectivity index is 2.25. The molecule has 1 rings (SSSR count). The minimum Gasteiger partial charge on any atom is -0.356 e. The standard InChI is InChI=1S/C11H21N3O2/c1-8(2)14-11(16)7-13-9-4-3-5-12-10(15)6-9/h8-9,13H,3-7H2,1-2H3,(H,12,15)(H,14,16). The Hall–Kier alpha value is -1.10. The van der Waals surface area contributed by atoms with Crippen molar-refractivity contribution in [2.75, 3.05) is 13.1 Å². The van der Waals surface area contributed by atoms with E-state index in [4.69, 9.17) is 0 Å². The summed E-state index contributed by atoms with van der Waals surface area (Å²) in [4.78, 5) is 22.7. The van der Waals surface area contributed by atoms with Crippen molar-refractivity contribution in [2.45, 2.75) is 45.2 Å². The van der Waals surface area contributed by atoms with Gasteiger partial charge < -0.3 is 16.0 Å². The van der Waals surface area contributed by atoms with Gasteiger partial charge in [-0.2, -0.15) is 0 Å². The first-order valence-corrected chi connectivity index (χ1v) is 5.87. The fraction of sp³-hybridized carbons (Fsp3) is 0.818. The van der Waals surface area contributed by atoms with Gasteiger partial charge in [-0.15, -0.1) is 0 Å². The van der Waals surface area contributed by atoms with Crippen molar-refractivity contribution >= 4 is 11.8 Å². The zero-order valence-electron chi connectivity index (χ0n) is 10.0. The number of hydrogen-bond acceptors (Lipinski definition) is 3. The Bertz CT molecular complexity index is 254. The van der Waals surface area contributed by atoms with E-state index in [1.165, 1.54) is 0 Å². The number of hydrogen-bond donors (Lipinski definition) is 3. The number of carbonyl (C=O) groups excluding carboxylic acids is 2. The first-order chi connectivity index (χ1) is 7.58. The average Bonchev–Trinajstić information content (AvgIpc) is 2.38. The highest BCUT2D eigenvalue weighted by Gasteiger charge is 2.17. The summed E-state index contributed by atoms with van der Waals surface area (Å²) in [5, 5.41) is 8.75. The van der Waals surface area contributed by atoms with Crippen molar-refractivity contribution in [1.82, 2.24) is 16.0 Å². The SMILES string of the molecule is CC(C)NC(=O)CNC1CCCNC(=O)C1. The molecule has 0 aromatic rings. The molecule has 0 saturated carbocycles. The summed E-state index contributed by atoms with van der Waals surface area (Å²) in [6.07, 6.45) is 2.37. The van der Waals surface area contributed by atoms with Gasteiger partial charge in [-0.1, -0.05) is 0 Å². The normalized spacial score (nSPS) is 21.4. The third kappa shape index (κ3) is 5.11. The van der Waals surface area contributed by atoms with Crippen LogP contribution in [0.2, 0.25) is 0 Å². The topological polar surface area (TPSA) is 70.2 Å². The number of amides is 2. The predicted octanol–water partition coefficient (Wildman–Crippen LogP) is -0.231. The Morgan fingerprint density at radius 1 is 1.56 bits per heavy atom. The van der Waals surface area contributed by atoms with E-state index in [9.17, 15) is 9.59 Å². The largest absolute Gasteiger partial charge is 0.356 e. The summed E-state index contributed by atoms with van der Waals surface area (Å²) < 4.78 is 0. The van der Waals surface area contributed by atoms with E-state index < -0.39 is 0 Å². The maximum absolute atomic E-state index is 11.4. The highest BCUT2D eigenvalue weighted by Crippen LogP contribution is 2.05. The van der Waals surface area contributed by atoms with Gasteiger partial charge >= 0.3 is 0 Å². The van der Waals surface area contributed by atoms with Crippen molar-refractivity contribution in [3.63, 3.8) is 0 Å². The molecule has 0 bridgehead atoms. The highest BCUT2D eigenvalue weighted by atomic mass is 16.2. The molecular formula is C11H21N3O2. The number of nitrogens with one attached hydrogen (secondary N) is 3. The molecule has 1 aliphatic heterocycles. The molecule has 0 aliphatic carbocycles. The lowest BCUT2D eigenvalue weighted by Crippen LogP contribution is -2.42. The predicted molar refractivity (Wildman–Crippen MR) is 61.9 cm³/mol. The maximum atomic E-state index is 11.4. The summed E-state index contributed by atoms with van der Waals surface area (Å²) in [6.45, 7) is 4.89. The molecule has 5 heteroatoms. The molecule has 1 aliphatic rings. The molecule has 1 unspecified atom stereocenters. The van der Waals surface area contributed by atoms with Crippen LogP contribution in [0.15, 0.2) is 0 Å². The first-order valence-electron chi connectivity index (χ1n) is 5.87. The molecule has 1 fully saturated rings. The van der Waals surface area contributed by atoms with Crippen molar-refractivity contribution in [3.05, 3.63) is 0 Å². The van der Waals surface area contributed by atoms with Crippen LogP contribution in [0.25, 0.3) is 0 Å². The second-order valence-corrected chi connectivity index (χ2v) is 4.50. The van der Waals surface area contributed by atoms with Crippen LogP contribution in [0.1, 0.15) is 33.1 Å². The zero-order chi connectivity index (χ0) is 12.0. The van der Waals surface area contributed by atoms with Crippen LogP contribution in [0.5, 0.6) is 0 Å². The molecule has 0 spiro atoms. The van der Waals surface area contributed by atoms with Gasteiger partial charge in [0.15, 0.2) is 0 Å². The van der Waals surface area contributed by atoms with Crippen LogP contribution in [0.4, 0.5) is 0 Å². The van der Waals surface area contributed by atoms with Gasteiger partial charge in [-0.05, 0) is 26.7 Å². The van der Waals surface area contributed by atoms with Gasteiger partial charge in [0.05, 0.1) is 6.54 Å². The molecule has 1 saturated heterocycles. The van der Waals surface area contributed by atoms with Crippen molar-refractivity contribution in [2.24, 2.45) is 0 Å². The summed E-state index contributed by atoms with van der Waals surface area (Å²) in [6, 6.07) is 0.284. The molecule has 3 N–H and O–H groups in total. The molecule has 1 heterocycles. The van der Waals surface area contributed by atoms with E-state index in [0.717, 1.165) is 19.4 Å². The molecule has 92 valence electrons. The van der Waals surface area contributed by atoms with Crippen molar-refractivity contribution in [1.29, 1.82) is 0 Å². The third-order valence-corrected chi connectivity index (χ3v) is 2.48. The van der Waals surface area contributed by atoms with Crippen molar-refractivity contribution in [3.8, 4) is 0 Å². The second kappa shape index (κ2) is 6.48. The maximum Gasteiger partial charge on any atom is 0.234 e. The van der Waals surface area contributed by atoms with E-state index in [0.29, 0.717) is 6.42 Å². The van der Waals surface area contributed by atoms with Gasteiger partial charge in [0.25, 0.3) is 0 Å². The zero-order valence-corrected chi connectivity index (χ0v) is 10.0. The highest BCUT2D eigenvalue weighted by molar-refractivity contribution is 5.79.